The fourth-order valence-corrected chi connectivity index (χ4v) is 4.76. The Labute approximate surface area is 165 Å². The summed E-state index contributed by atoms with van der Waals surface area (Å²) in [6.07, 6.45) is 9.92. The second-order valence-electron chi connectivity index (χ2n) is 7.37. The van der Waals surface area contributed by atoms with Gasteiger partial charge in [0.05, 0.1) is 5.41 Å². The topological polar surface area (TPSA) is 52.0 Å². The lowest BCUT2D eigenvalue weighted by molar-refractivity contribution is 0.728. The highest BCUT2D eigenvalue weighted by Gasteiger charge is 2.46. The molecule has 3 aromatic rings. The maximum Gasteiger partial charge on any atom is 0.0750 e. The van der Waals surface area contributed by atoms with E-state index < -0.39 is 5.41 Å². The highest BCUT2D eigenvalue weighted by atomic mass is 14.6. The molecule has 0 bridgehead atoms. The van der Waals surface area contributed by atoms with E-state index in [4.69, 9.17) is 11.5 Å². The van der Waals surface area contributed by atoms with Crippen molar-refractivity contribution >= 4 is 17.5 Å². The second kappa shape index (κ2) is 6.28. The highest BCUT2D eigenvalue weighted by Crippen LogP contribution is 2.55. The first-order valence-corrected chi connectivity index (χ1v) is 9.61. The van der Waals surface area contributed by atoms with Crippen LogP contribution in [-0.2, 0) is 5.41 Å². The summed E-state index contributed by atoms with van der Waals surface area (Å²) >= 11 is 0. The van der Waals surface area contributed by atoms with Crippen LogP contribution < -0.4 is 11.5 Å². The largest absolute Gasteiger partial charge is 0.398 e. The minimum Gasteiger partial charge on any atom is -0.398 e. The molecule has 28 heavy (non-hydrogen) atoms. The van der Waals surface area contributed by atoms with Gasteiger partial charge < -0.3 is 11.5 Å². The molecule has 0 amide bonds. The number of nitrogens with two attached hydrogens (primary N) is 2. The molecule has 0 fully saturated rings. The van der Waals surface area contributed by atoms with Crippen LogP contribution in [0.3, 0.4) is 0 Å². The minimum atomic E-state index is -0.540. The molecule has 2 aliphatic carbocycles. The number of benzene rings is 3. The van der Waals surface area contributed by atoms with Crippen molar-refractivity contribution in [1.82, 2.24) is 0 Å². The van der Waals surface area contributed by atoms with Crippen LogP contribution in [0.25, 0.3) is 6.08 Å². The molecule has 0 atom stereocenters. The van der Waals surface area contributed by atoms with Gasteiger partial charge in [0.2, 0.25) is 0 Å². The van der Waals surface area contributed by atoms with Gasteiger partial charge in [-0.25, -0.2) is 0 Å². The van der Waals surface area contributed by atoms with Crippen molar-refractivity contribution in [2.75, 3.05) is 11.5 Å². The molecule has 0 radical (unpaired) electrons. The number of para-hydroxylation sites is 2. The van der Waals surface area contributed by atoms with Gasteiger partial charge in [0.1, 0.15) is 0 Å². The Morgan fingerprint density at radius 2 is 1.25 bits per heavy atom. The molecule has 4 N–H and O–H groups in total. The number of nitrogen functional groups attached to an aromatic ring is 2. The summed E-state index contributed by atoms with van der Waals surface area (Å²) in [5.41, 5.74) is 21.3. The van der Waals surface area contributed by atoms with Crippen LogP contribution in [0.4, 0.5) is 11.4 Å². The minimum absolute atomic E-state index is 0.540. The zero-order chi connectivity index (χ0) is 19.1. The standard InChI is InChI=1S/C26H22N2/c27-24-15-7-5-13-22(24)26(23-14-6-8-16-25(23)28)20-11-3-1-9-18(20)17-19-10-2-4-12-21(19)26/h1-3,5-17H,4,27-28H2. The Balaban J connectivity index is 2.00. The Morgan fingerprint density at radius 1 is 0.679 bits per heavy atom. The number of allylic oxidation sites excluding steroid dienone is 5. The van der Waals surface area contributed by atoms with Gasteiger partial charge in [0, 0.05) is 11.4 Å². The molecule has 0 aromatic heterocycles. The first kappa shape index (κ1) is 16.6. The first-order valence-electron chi connectivity index (χ1n) is 9.61. The van der Waals surface area contributed by atoms with E-state index in [9.17, 15) is 0 Å². The van der Waals surface area contributed by atoms with Gasteiger partial charge in [-0.2, -0.15) is 0 Å². The number of rotatable bonds is 2. The lowest BCUT2D eigenvalue weighted by Gasteiger charge is -2.44. The third-order valence-electron chi connectivity index (χ3n) is 5.88. The van der Waals surface area contributed by atoms with Gasteiger partial charge in [-0.3, -0.25) is 0 Å². The van der Waals surface area contributed by atoms with Gasteiger partial charge in [-0.05, 0) is 58.0 Å². The van der Waals surface area contributed by atoms with Crippen LogP contribution in [0, 0.1) is 0 Å². The lowest BCUT2D eigenvalue weighted by Crippen LogP contribution is -2.37. The Kier molecular flexibility index (Phi) is 3.73. The molecule has 0 aliphatic heterocycles. The quantitative estimate of drug-likeness (QED) is 0.594. The second-order valence-corrected chi connectivity index (χ2v) is 7.37. The molecule has 3 aromatic carbocycles. The summed E-state index contributed by atoms with van der Waals surface area (Å²) in [6, 6.07) is 24.9. The maximum absolute atomic E-state index is 6.60. The highest BCUT2D eigenvalue weighted by molar-refractivity contribution is 5.83. The molecule has 5 rings (SSSR count). The third kappa shape index (κ3) is 2.21. The number of fused-ring (bicyclic) bond motifs is 2. The van der Waals surface area contributed by atoms with E-state index in [1.165, 1.54) is 22.3 Å². The SMILES string of the molecule is Nc1ccccc1C1(c2ccccc2N)C2=CCC=CC2=Cc2ccccc21. The van der Waals surface area contributed by atoms with E-state index in [0.29, 0.717) is 0 Å². The molecular formula is C26H22N2. The van der Waals surface area contributed by atoms with Crippen molar-refractivity contribution < 1.29 is 0 Å². The summed E-state index contributed by atoms with van der Waals surface area (Å²) < 4.78 is 0. The molecular weight excluding hydrogens is 340 g/mol. The van der Waals surface area contributed by atoms with E-state index in [-0.39, 0.29) is 0 Å². The molecule has 0 saturated heterocycles. The van der Waals surface area contributed by atoms with Gasteiger partial charge in [0.15, 0.2) is 0 Å². The van der Waals surface area contributed by atoms with E-state index >= 15 is 0 Å². The van der Waals surface area contributed by atoms with Crippen molar-refractivity contribution in [3.05, 3.63) is 124 Å². The predicted octanol–water partition coefficient (Wildman–Crippen LogP) is 5.47. The fourth-order valence-electron chi connectivity index (χ4n) is 4.76. The predicted molar refractivity (Wildman–Crippen MR) is 118 cm³/mol. The summed E-state index contributed by atoms with van der Waals surface area (Å²) in [5.74, 6) is 0. The number of hydrogen-bond acceptors (Lipinski definition) is 2. The first-order chi connectivity index (χ1) is 13.7. The zero-order valence-corrected chi connectivity index (χ0v) is 15.6. The van der Waals surface area contributed by atoms with Crippen LogP contribution in [0.2, 0.25) is 0 Å². The van der Waals surface area contributed by atoms with Crippen molar-refractivity contribution in [3.8, 4) is 0 Å². The molecule has 2 heteroatoms. The average molecular weight is 362 g/mol. The molecule has 0 heterocycles. The smallest absolute Gasteiger partial charge is 0.0750 e. The summed E-state index contributed by atoms with van der Waals surface area (Å²) in [4.78, 5) is 0. The van der Waals surface area contributed by atoms with Gasteiger partial charge >= 0.3 is 0 Å². The molecule has 2 aliphatic rings. The van der Waals surface area contributed by atoms with Crippen molar-refractivity contribution in [3.63, 3.8) is 0 Å². The Hall–Kier alpha value is -3.52. The van der Waals surface area contributed by atoms with Crippen LogP contribution in [0.15, 0.2) is 102 Å². The van der Waals surface area contributed by atoms with Crippen LogP contribution in [0.5, 0.6) is 0 Å². The number of hydrogen-bond donors (Lipinski definition) is 2. The van der Waals surface area contributed by atoms with E-state index in [1.807, 2.05) is 24.3 Å². The third-order valence-corrected chi connectivity index (χ3v) is 5.88. The van der Waals surface area contributed by atoms with Crippen LogP contribution >= 0.6 is 0 Å². The van der Waals surface area contributed by atoms with Crippen LogP contribution in [-0.4, -0.2) is 0 Å². The van der Waals surface area contributed by atoms with Gasteiger partial charge in [0.25, 0.3) is 0 Å². The van der Waals surface area contributed by atoms with Gasteiger partial charge in [-0.1, -0.05) is 78.9 Å². The monoisotopic (exact) mass is 362 g/mol. The zero-order valence-electron chi connectivity index (χ0n) is 15.6. The van der Waals surface area contributed by atoms with Crippen LogP contribution in [0.1, 0.15) is 28.7 Å². The maximum atomic E-state index is 6.60. The van der Waals surface area contributed by atoms with Crippen molar-refractivity contribution in [1.29, 1.82) is 0 Å². The average Bonchev–Trinajstić information content (AvgIpc) is 2.73. The molecule has 0 spiro atoms. The summed E-state index contributed by atoms with van der Waals surface area (Å²) in [7, 11) is 0. The molecule has 136 valence electrons. The molecule has 0 saturated carbocycles. The summed E-state index contributed by atoms with van der Waals surface area (Å²) in [6.45, 7) is 0. The van der Waals surface area contributed by atoms with Crippen molar-refractivity contribution in [2.45, 2.75) is 11.8 Å². The molecule has 2 nitrogen and oxygen atoms in total. The van der Waals surface area contributed by atoms with E-state index in [0.717, 1.165) is 28.9 Å². The molecule has 0 unspecified atom stereocenters. The van der Waals surface area contributed by atoms with E-state index in [2.05, 4.69) is 72.8 Å². The Morgan fingerprint density at radius 3 is 1.89 bits per heavy atom. The van der Waals surface area contributed by atoms with E-state index in [1.54, 1.807) is 0 Å². The normalized spacial score (nSPS) is 16.6. The Bertz CT molecular complexity index is 1120. The van der Waals surface area contributed by atoms with Gasteiger partial charge in [-0.15, -0.1) is 0 Å². The van der Waals surface area contributed by atoms with Crippen molar-refractivity contribution in [2.24, 2.45) is 0 Å². The summed E-state index contributed by atoms with van der Waals surface area (Å²) in [5, 5.41) is 0. The fraction of sp³-hybridized carbons (Fsp3) is 0.0769. The lowest BCUT2D eigenvalue weighted by atomic mass is 9.58. The number of anilines is 2.